The Balaban J connectivity index is 2.74. The van der Waals surface area contributed by atoms with Gasteiger partial charge in [0.25, 0.3) is 5.56 Å². The van der Waals surface area contributed by atoms with Crippen LogP contribution in [0.15, 0.2) is 39.9 Å². The Bertz CT molecular complexity index is 643. The summed E-state index contributed by atoms with van der Waals surface area (Å²) in [5.74, 6) is 0. The first-order valence-electron chi connectivity index (χ1n) is 4.64. The van der Waals surface area contributed by atoms with Crippen LogP contribution in [0.25, 0.3) is 11.3 Å². The molecule has 0 aliphatic rings. The van der Waals surface area contributed by atoms with Gasteiger partial charge >= 0.3 is 5.69 Å². The maximum atomic E-state index is 11.4. The highest BCUT2D eigenvalue weighted by Crippen LogP contribution is 2.19. The van der Waals surface area contributed by atoms with Gasteiger partial charge in [-0.15, -0.1) is 0 Å². The number of H-pyrrole nitrogens is 1. The molecule has 2 rings (SSSR count). The minimum atomic E-state index is -0.442. The second kappa shape index (κ2) is 3.98. The van der Waals surface area contributed by atoms with Gasteiger partial charge in [0.2, 0.25) is 0 Å². The zero-order valence-electron chi connectivity index (χ0n) is 8.53. The van der Waals surface area contributed by atoms with Gasteiger partial charge in [-0.25, -0.2) is 4.79 Å². The van der Waals surface area contributed by atoms with Gasteiger partial charge in [0.05, 0.1) is 5.69 Å². The quantitative estimate of drug-likeness (QED) is 0.814. The first-order valence-corrected chi connectivity index (χ1v) is 5.02. The van der Waals surface area contributed by atoms with Crippen molar-refractivity contribution in [2.75, 3.05) is 0 Å². The van der Waals surface area contributed by atoms with Crippen LogP contribution in [0.2, 0.25) is 5.02 Å². The lowest BCUT2D eigenvalue weighted by molar-refractivity contribution is 0.809. The average Bonchev–Trinajstić information content (AvgIpc) is 2.23. The minimum Gasteiger partial charge on any atom is -0.296 e. The van der Waals surface area contributed by atoms with Crippen molar-refractivity contribution in [3.8, 4) is 11.3 Å². The minimum absolute atomic E-state index is 0.418. The maximum Gasteiger partial charge on any atom is 0.328 e. The summed E-state index contributed by atoms with van der Waals surface area (Å²) in [5, 5.41) is 0.560. The van der Waals surface area contributed by atoms with Crippen LogP contribution in [0.3, 0.4) is 0 Å². The molecular formula is C11H9ClN2O2. The molecule has 2 aromatic rings. The van der Waals surface area contributed by atoms with E-state index in [-0.39, 0.29) is 0 Å². The van der Waals surface area contributed by atoms with Crippen LogP contribution >= 0.6 is 11.6 Å². The molecule has 0 aliphatic carbocycles. The zero-order valence-corrected chi connectivity index (χ0v) is 9.28. The monoisotopic (exact) mass is 236 g/mol. The fourth-order valence-electron chi connectivity index (χ4n) is 1.48. The van der Waals surface area contributed by atoms with Crippen LogP contribution in [-0.2, 0) is 7.05 Å². The van der Waals surface area contributed by atoms with E-state index in [1.807, 2.05) is 0 Å². The topological polar surface area (TPSA) is 54.9 Å². The van der Waals surface area contributed by atoms with Crippen molar-refractivity contribution in [1.82, 2.24) is 9.55 Å². The smallest absolute Gasteiger partial charge is 0.296 e. The van der Waals surface area contributed by atoms with Gasteiger partial charge in [0.1, 0.15) is 0 Å². The Kier molecular flexibility index (Phi) is 2.66. The molecule has 1 heterocycles. The highest BCUT2D eigenvalue weighted by molar-refractivity contribution is 6.30. The van der Waals surface area contributed by atoms with E-state index in [1.165, 1.54) is 10.6 Å². The fourth-order valence-corrected chi connectivity index (χ4v) is 1.67. The summed E-state index contributed by atoms with van der Waals surface area (Å²) in [4.78, 5) is 24.8. The van der Waals surface area contributed by atoms with Crippen LogP contribution in [-0.4, -0.2) is 9.55 Å². The molecule has 4 nitrogen and oxygen atoms in total. The van der Waals surface area contributed by atoms with E-state index < -0.39 is 11.2 Å². The molecule has 0 unspecified atom stereocenters. The predicted molar refractivity (Wildman–Crippen MR) is 62.7 cm³/mol. The number of halogens is 1. The Morgan fingerprint density at radius 2 is 2.00 bits per heavy atom. The first-order chi connectivity index (χ1) is 7.58. The van der Waals surface area contributed by atoms with Gasteiger partial charge in [0.15, 0.2) is 0 Å². The van der Waals surface area contributed by atoms with E-state index in [1.54, 1.807) is 31.3 Å². The SMILES string of the molecule is Cn1c(-c2cccc(Cl)c2)cc(=O)[nH]c1=O. The van der Waals surface area contributed by atoms with E-state index in [0.717, 1.165) is 5.56 Å². The summed E-state index contributed by atoms with van der Waals surface area (Å²) in [6.45, 7) is 0. The number of hydrogen-bond acceptors (Lipinski definition) is 2. The van der Waals surface area contributed by atoms with Crippen LogP contribution in [0.5, 0.6) is 0 Å². The summed E-state index contributed by atoms with van der Waals surface area (Å²) in [6.07, 6.45) is 0. The van der Waals surface area contributed by atoms with E-state index in [2.05, 4.69) is 4.98 Å². The molecule has 0 saturated heterocycles. The molecular weight excluding hydrogens is 228 g/mol. The van der Waals surface area contributed by atoms with Crippen LogP contribution in [0.1, 0.15) is 0 Å². The van der Waals surface area contributed by atoms with Gasteiger partial charge in [-0.2, -0.15) is 0 Å². The number of nitrogens with one attached hydrogen (secondary N) is 1. The predicted octanol–water partition coefficient (Wildman–Crippen LogP) is 1.39. The molecule has 1 aromatic heterocycles. The lowest BCUT2D eigenvalue weighted by atomic mass is 10.1. The lowest BCUT2D eigenvalue weighted by Crippen LogP contribution is -2.28. The van der Waals surface area contributed by atoms with Crippen LogP contribution in [0.4, 0.5) is 0 Å². The van der Waals surface area contributed by atoms with Crippen molar-refractivity contribution >= 4 is 11.6 Å². The summed E-state index contributed by atoms with van der Waals surface area (Å²) < 4.78 is 1.37. The second-order valence-electron chi connectivity index (χ2n) is 3.39. The number of aromatic nitrogens is 2. The Morgan fingerprint density at radius 3 is 2.69 bits per heavy atom. The molecule has 0 bridgehead atoms. The highest BCUT2D eigenvalue weighted by Gasteiger charge is 2.05. The van der Waals surface area contributed by atoms with Crippen molar-refractivity contribution in [2.24, 2.45) is 7.05 Å². The van der Waals surface area contributed by atoms with Gasteiger partial charge < -0.3 is 0 Å². The summed E-state index contributed by atoms with van der Waals surface area (Å²) in [6, 6.07) is 8.36. The fraction of sp³-hybridized carbons (Fsp3) is 0.0909. The number of benzene rings is 1. The van der Waals surface area contributed by atoms with Gasteiger partial charge in [-0.3, -0.25) is 14.3 Å². The summed E-state index contributed by atoms with van der Waals surface area (Å²) in [7, 11) is 1.59. The third kappa shape index (κ3) is 1.92. The Hall–Kier alpha value is -1.81. The molecule has 0 radical (unpaired) electrons. The van der Waals surface area contributed by atoms with Crippen molar-refractivity contribution < 1.29 is 0 Å². The largest absolute Gasteiger partial charge is 0.328 e. The average molecular weight is 237 g/mol. The van der Waals surface area contributed by atoms with E-state index in [4.69, 9.17) is 11.6 Å². The van der Waals surface area contributed by atoms with Crippen molar-refractivity contribution in [2.45, 2.75) is 0 Å². The standard InChI is InChI=1S/C11H9ClN2O2/c1-14-9(6-10(15)13-11(14)16)7-3-2-4-8(12)5-7/h2-6H,1H3,(H,13,15,16). The van der Waals surface area contributed by atoms with E-state index in [0.29, 0.717) is 10.7 Å². The molecule has 5 heteroatoms. The number of aromatic amines is 1. The zero-order chi connectivity index (χ0) is 11.7. The molecule has 1 N–H and O–H groups in total. The molecule has 0 saturated carbocycles. The number of nitrogens with zero attached hydrogens (tertiary/aromatic N) is 1. The van der Waals surface area contributed by atoms with Gasteiger partial charge in [0, 0.05) is 18.1 Å². The molecule has 0 amide bonds. The van der Waals surface area contributed by atoms with Crippen LogP contribution < -0.4 is 11.2 Å². The van der Waals surface area contributed by atoms with Crippen molar-refractivity contribution in [3.05, 3.63) is 56.2 Å². The molecule has 16 heavy (non-hydrogen) atoms. The highest BCUT2D eigenvalue weighted by atomic mass is 35.5. The number of hydrogen-bond donors (Lipinski definition) is 1. The maximum absolute atomic E-state index is 11.4. The lowest BCUT2D eigenvalue weighted by Gasteiger charge is -2.06. The summed E-state index contributed by atoms with van der Waals surface area (Å²) in [5.41, 5.74) is 0.412. The second-order valence-corrected chi connectivity index (χ2v) is 3.83. The number of rotatable bonds is 1. The van der Waals surface area contributed by atoms with E-state index >= 15 is 0 Å². The molecule has 0 aliphatic heterocycles. The summed E-state index contributed by atoms with van der Waals surface area (Å²) >= 11 is 5.85. The van der Waals surface area contributed by atoms with Gasteiger partial charge in [-0.05, 0) is 17.7 Å². The molecule has 82 valence electrons. The third-order valence-electron chi connectivity index (χ3n) is 2.28. The third-order valence-corrected chi connectivity index (χ3v) is 2.52. The molecule has 1 aromatic carbocycles. The normalized spacial score (nSPS) is 10.4. The Morgan fingerprint density at radius 1 is 1.25 bits per heavy atom. The Labute approximate surface area is 96.1 Å². The van der Waals surface area contributed by atoms with Crippen molar-refractivity contribution in [1.29, 1.82) is 0 Å². The molecule has 0 fully saturated rings. The van der Waals surface area contributed by atoms with E-state index in [9.17, 15) is 9.59 Å². The van der Waals surface area contributed by atoms with Crippen LogP contribution in [0, 0.1) is 0 Å². The first kappa shape index (κ1) is 10.7. The van der Waals surface area contributed by atoms with Gasteiger partial charge in [-0.1, -0.05) is 23.7 Å². The molecule has 0 spiro atoms. The molecule has 0 atom stereocenters. The van der Waals surface area contributed by atoms with Crippen molar-refractivity contribution in [3.63, 3.8) is 0 Å².